The zero-order valence-electron chi connectivity index (χ0n) is 9.82. The van der Waals surface area contributed by atoms with Crippen LogP contribution in [0.15, 0.2) is 0 Å². The van der Waals surface area contributed by atoms with Crippen molar-refractivity contribution in [1.82, 2.24) is 0 Å². The molecule has 16 heavy (non-hydrogen) atoms. The molecule has 0 saturated carbocycles. The smallest absolute Gasteiger partial charge is 0.366 e. The number of aliphatic hydroxyl groups is 1. The van der Waals surface area contributed by atoms with Crippen molar-refractivity contribution in [2.45, 2.75) is 45.7 Å². The van der Waals surface area contributed by atoms with Crippen LogP contribution in [0.1, 0.15) is 27.7 Å². The third-order valence-corrected chi connectivity index (χ3v) is 3.72. The fourth-order valence-corrected chi connectivity index (χ4v) is 2.83. The van der Waals surface area contributed by atoms with Gasteiger partial charge in [-0.1, -0.05) is 0 Å². The van der Waals surface area contributed by atoms with Crippen LogP contribution >= 0.6 is 7.60 Å². The summed E-state index contributed by atoms with van der Waals surface area (Å²) in [6, 6.07) is 0. The number of aliphatic hydroxyl groups excluding tert-OH is 1. The fourth-order valence-electron chi connectivity index (χ4n) is 0.986. The van der Waals surface area contributed by atoms with Gasteiger partial charge in [0, 0.05) is 4.92 Å². The molecular formula is C8H18NO6P. The molecule has 0 aliphatic carbocycles. The largest absolute Gasteiger partial charge is 0.375 e. The van der Waals surface area contributed by atoms with Gasteiger partial charge in [0.1, 0.15) is 0 Å². The SMILES string of the molecule is CC(C)OP(=O)(OC(C)C)C(O)C[N+](=O)[O-]. The van der Waals surface area contributed by atoms with Crippen molar-refractivity contribution in [2.24, 2.45) is 0 Å². The molecule has 0 fully saturated rings. The highest BCUT2D eigenvalue weighted by Crippen LogP contribution is 2.54. The summed E-state index contributed by atoms with van der Waals surface area (Å²) in [6.45, 7) is 5.56. The molecule has 8 heteroatoms. The first-order valence-electron chi connectivity index (χ1n) is 4.93. The highest BCUT2D eigenvalue weighted by Gasteiger charge is 2.40. The van der Waals surface area contributed by atoms with Crippen LogP contribution < -0.4 is 0 Å². The molecule has 1 atom stereocenters. The van der Waals surface area contributed by atoms with Crippen LogP contribution in [-0.4, -0.2) is 34.6 Å². The third kappa shape index (κ3) is 5.55. The van der Waals surface area contributed by atoms with E-state index in [0.717, 1.165) is 0 Å². The normalized spacial score (nSPS) is 14.4. The molecule has 0 radical (unpaired) electrons. The molecular weight excluding hydrogens is 237 g/mol. The van der Waals surface area contributed by atoms with Gasteiger partial charge in [-0.05, 0) is 27.7 Å². The maximum atomic E-state index is 12.1. The zero-order valence-corrected chi connectivity index (χ0v) is 10.7. The van der Waals surface area contributed by atoms with Gasteiger partial charge in [0.25, 0.3) is 0 Å². The Morgan fingerprint density at radius 3 is 1.88 bits per heavy atom. The maximum absolute atomic E-state index is 12.1. The molecule has 0 aromatic carbocycles. The van der Waals surface area contributed by atoms with Gasteiger partial charge in [0.05, 0.1) is 12.2 Å². The van der Waals surface area contributed by atoms with E-state index in [9.17, 15) is 19.8 Å². The minimum absolute atomic E-state index is 0.453. The molecule has 1 N–H and O–H groups in total. The second-order valence-electron chi connectivity index (χ2n) is 3.84. The second kappa shape index (κ2) is 6.30. The van der Waals surface area contributed by atoms with Crippen LogP contribution in [0, 0.1) is 10.1 Å². The lowest BCUT2D eigenvalue weighted by molar-refractivity contribution is -0.486. The first-order chi connectivity index (χ1) is 7.17. The van der Waals surface area contributed by atoms with Crippen LogP contribution in [0.25, 0.3) is 0 Å². The van der Waals surface area contributed by atoms with Crippen molar-refractivity contribution in [3.05, 3.63) is 10.1 Å². The molecule has 0 aromatic heterocycles. The van der Waals surface area contributed by atoms with E-state index < -0.39 is 37.1 Å². The van der Waals surface area contributed by atoms with Gasteiger partial charge < -0.3 is 14.2 Å². The molecule has 0 spiro atoms. The van der Waals surface area contributed by atoms with E-state index in [-0.39, 0.29) is 0 Å². The lowest BCUT2D eigenvalue weighted by Crippen LogP contribution is -2.24. The summed E-state index contributed by atoms with van der Waals surface area (Å²) in [4.78, 5) is 9.48. The van der Waals surface area contributed by atoms with E-state index >= 15 is 0 Å². The molecule has 0 saturated heterocycles. The number of nitro groups is 1. The van der Waals surface area contributed by atoms with Gasteiger partial charge in [-0.2, -0.15) is 0 Å². The summed E-state index contributed by atoms with van der Waals surface area (Å²) < 4.78 is 22.1. The van der Waals surface area contributed by atoms with Crippen LogP contribution in [0.2, 0.25) is 0 Å². The lowest BCUT2D eigenvalue weighted by atomic mass is 10.5. The molecule has 0 bridgehead atoms. The van der Waals surface area contributed by atoms with Crippen LogP contribution in [0.4, 0.5) is 0 Å². The quantitative estimate of drug-likeness (QED) is 0.421. The summed E-state index contributed by atoms with van der Waals surface area (Å²) in [6.07, 6.45) is -0.906. The van der Waals surface area contributed by atoms with Crippen molar-refractivity contribution in [3.63, 3.8) is 0 Å². The molecule has 7 nitrogen and oxygen atoms in total. The highest BCUT2D eigenvalue weighted by atomic mass is 31.2. The molecule has 1 unspecified atom stereocenters. The minimum atomic E-state index is -3.86. The summed E-state index contributed by atoms with van der Waals surface area (Å²) in [5.41, 5.74) is 0. The average Bonchev–Trinajstić information content (AvgIpc) is 1.98. The average molecular weight is 255 g/mol. The Hall–Kier alpha value is -0.490. The zero-order chi connectivity index (χ0) is 12.9. The van der Waals surface area contributed by atoms with E-state index in [1.165, 1.54) is 0 Å². The summed E-state index contributed by atoms with van der Waals surface area (Å²) in [5, 5.41) is 19.7. The Morgan fingerprint density at radius 1 is 1.25 bits per heavy atom. The molecule has 0 amide bonds. The van der Waals surface area contributed by atoms with Gasteiger partial charge in [-0.15, -0.1) is 0 Å². The van der Waals surface area contributed by atoms with Crippen molar-refractivity contribution >= 4 is 7.60 Å². The van der Waals surface area contributed by atoms with Gasteiger partial charge in [-0.3, -0.25) is 14.7 Å². The summed E-state index contributed by atoms with van der Waals surface area (Å²) >= 11 is 0. The van der Waals surface area contributed by atoms with E-state index in [4.69, 9.17) is 9.05 Å². The van der Waals surface area contributed by atoms with Crippen LogP contribution in [0.5, 0.6) is 0 Å². The third-order valence-electron chi connectivity index (χ3n) is 1.39. The van der Waals surface area contributed by atoms with Gasteiger partial charge >= 0.3 is 7.60 Å². The van der Waals surface area contributed by atoms with Crippen molar-refractivity contribution in [3.8, 4) is 0 Å². The monoisotopic (exact) mass is 255 g/mol. The number of hydrogen-bond acceptors (Lipinski definition) is 6. The molecule has 0 aromatic rings. The Labute approximate surface area is 94.4 Å². The predicted molar refractivity (Wildman–Crippen MR) is 57.9 cm³/mol. The van der Waals surface area contributed by atoms with E-state index in [0.29, 0.717) is 0 Å². The van der Waals surface area contributed by atoms with Crippen molar-refractivity contribution in [2.75, 3.05) is 6.54 Å². The van der Waals surface area contributed by atoms with Gasteiger partial charge in [0.15, 0.2) is 0 Å². The summed E-state index contributed by atoms with van der Waals surface area (Å²) in [5.74, 6) is -1.74. The van der Waals surface area contributed by atoms with Gasteiger partial charge in [-0.25, -0.2) is 0 Å². The second-order valence-corrected chi connectivity index (χ2v) is 5.94. The summed E-state index contributed by atoms with van der Waals surface area (Å²) in [7, 11) is -3.86. The van der Waals surface area contributed by atoms with Crippen LogP contribution in [0.3, 0.4) is 0 Å². The number of rotatable bonds is 7. The lowest BCUT2D eigenvalue weighted by Gasteiger charge is -2.24. The van der Waals surface area contributed by atoms with Gasteiger partial charge in [0.2, 0.25) is 12.4 Å². The Balaban J connectivity index is 4.76. The number of nitrogens with zero attached hydrogens (tertiary/aromatic N) is 1. The molecule has 0 heterocycles. The fraction of sp³-hybridized carbons (Fsp3) is 1.00. The van der Waals surface area contributed by atoms with E-state index in [2.05, 4.69) is 0 Å². The first-order valence-corrected chi connectivity index (χ1v) is 6.55. The Kier molecular flexibility index (Phi) is 6.10. The Bertz CT molecular complexity index is 266. The topological polar surface area (TPSA) is 98.9 Å². The number of hydrogen-bond donors (Lipinski definition) is 1. The van der Waals surface area contributed by atoms with Crippen molar-refractivity contribution < 1.29 is 23.6 Å². The Morgan fingerprint density at radius 2 is 1.62 bits per heavy atom. The first kappa shape index (κ1) is 15.5. The highest BCUT2D eigenvalue weighted by molar-refractivity contribution is 7.54. The maximum Gasteiger partial charge on any atom is 0.366 e. The molecule has 0 aliphatic heterocycles. The van der Waals surface area contributed by atoms with E-state index in [1.807, 2.05) is 0 Å². The van der Waals surface area contributed by atoms with E-state index in [1.54, 1.807) is 27.7 Å². The molecule has 0 aliphatic rings. The molecule has 96 valence electrons. The molecule has 0 rings (SSSR count). The minimum Gasteiger partial charge on any atom is -0.375 e. The standard InChI is InChI=1S/C8H18NO6P/c1-6(2)14-16(13,15-7(3)4)8(10)5-9(11)12/h6-8,10H,5H2,1-4H3. The van der Waals surface area contributed by atoms with Crippen molar-refractivity contribution in [1.29, 1.82) is 0 Å². The predicted octanol–water partition coefficient (Wildman–Crippen LogP) is 1.62. The van der Waals surface area contributed by atoms with Crippen LogP contribution in [-0.2, 0) is 13.6 Å².